The summed E-state index contributed by atoms with van der Waals surface area (Å²) in [5.41, 5.74) is 0. The van der Waals surface area contributed by atoms with E-state index in [1.54, 1.807) is 6.04 Å². The van der Waals surface area contributed by atoms with Gasteiger partial charge in [-0.15, -0.1) is 0 Å². The predicted octanol–water partition coefficient (Wildman–Crippen LogP) is -4.86. The van der Waals surface area contributed by atoms with Crippen LogP contribution in [0.15, 0.2) is 0 Å². The van der Waals surface area contributed by atoms with E-state index >= 15 is 0 Å². The zero-order valence-electron chi connectivity index (χ0n) is 7.66. The zero-order valence-corrected chi connectivity index (χ0v) is 17.6. The van der Waals surface area contributed by atoms with Gasteiger partial charge in [0.1, 0.15) is 0 Å². The summed E-state index contributed by atoms with van der Waals surface area (Å²) in [6, 6.07) is 1.66. The van der Waals surface area contributed by atoms with Gasteiger partial charge in [0.2, 0.25) is 0 Å². The fourth-order valence-electron chi connectivity index (χ4n) is 1.21. The molecule has 0 atom stereocenters. The third-order valence-corrected chi connectivity index (χ3v) is 100. The van der Waals surface area contributed by atoms with Crippen LogP contribution >= 0.6 is 0 Å². The zero-order chi connectivity index (χ0) is 7.66. The van der Waals surface area contributed by atoms with E-state index in [1.807, 2.05) is 0 Å². The molecule has 0 unspecified atom stereocenters. The second kappa shape index (κ2) is 10.5. The van der Waals surface area contributed by atoms with Crippen molar-refractivity contribution in [2.75, 3.05) is 0 Å². The highest BCUT2D eigenvalue weighted by Crippen LogP contribution is 1.67. The summed E-state index contributed by atoms with van der Waals surface area (Å²) in [6.45, 7) is 4.99. The lowest BCUT2D eigenvalue weighted by atomic mass is 11.0. The van der Waals surface area contributed by atoms with Crippen molar-refractivity contribution in [2.45, 2.75) is 19.5 Å². The Balaban J connectivity index is 2.65. The largest absolute Gasteiger partial charge is 0.0773 e. The van der Waals surface area contributed by atoms with Crippen molar-refractivity contribution in [1.82, 2.24) is 0 Å². The maximum Gasteiger partial charge on any atom is 0.00430 e. The van der Waals surface area contributed by atoms with E-state index in [4.69, 9.17) is 0 Å². The molecule has 62 valence electrons. The van der Waals surface area contributed by atoms with Crippen molar-refractivity contribution in [2.24, 2.45) is 0 Å². The number of rotatable bonds is 7. The average Bonchev–Trinajstić information content (AvgIpc) is 1.97. The van der Waals surface area contributed by atoms with Crippen LogP contribution in [0.5, 0.6) is 0 Å². The lowest BCUT2D eigenvalue weighted by Gasteiger charge is -1.93. The highest BCUT2D eigenvalue weighted by Gasteiger charge is 1.91. The van der Waals surface area contributed by atoms with Gasteiger partial charge in [0.25, 0.3) is 0 Å². The molecule has 0 saturated carbocycles. The third-order valence-electron chi connectivity index (χ3n) is 1.96. The van der Waals surface area contributed by atoms with Crippen molar-refractivity contribution in [3.8, 4) is 0 Å². The highest BCUT2D eigenvalue weighted by atomic mass is 29.9. The fourth-order valence-corrected chi connectivity index (χ4v) is 170. The summed E-state index contributed by atoms with van der Waals surface area (Å²) in [4.78, 5) is 0. The van der Waals surface area contributed by atoms with Crippen LogP contribution in [0.25, 0.3) is 0 Å². The van der Waals surface area contributed by atoms with Gasteiger partial charge in [-0.1, -0.05) is 19.5 Å². The van der Waals surface area contributed by atoms with Gasteiger partial charge in [-0.2, -0.15) is 0 Å². The molecule has 0 aromatic heterocycles. The van der Waals surface area contributed by atoms with Gasteiger partial charge < -0.3 is 0 Å². The monoisotopic (exact) mass is 254 g/mol. The molecule has 0 rings (SSSR count). The van der Waals surface area contributed by atoms with E-state index in [1.165, 1.54) is 0 Å². The van der Waals surface area contributed by atoms with Crippen LogP contribution in [-0.2, 0) is 0 Å². The first-order chi connectivity index (χ1) is 4.91. The van der Waals surface area contributed by atoms with Crippen LogP contribution < -0.4 is 0 Å². The molecule has 0 aromatic carbocycles. The number of hydrogen-bond acceptors (Lipinski definition) is 0. The van der Waals surface area contributed by atoms with Gasteiger partial charge in [0.05, 0.1) is 0 Å². The summed E-state index contributed by atoms with van der Waals surface area (Å²) >= 11 is 0. The van der Waals surface area contributed by atoms with Crippen molar-refractivity contribution in [3.05, 3.63) is 0 Å². The SMILES string of the molecule is CC[SiH2][SiH2][SiH2][SiH2][SiH2][SiH2][SiH2]C. The second-order valence-electron chi connectivity index (χ2n) is 3.12. The minimum atomic E-state index is 0.659. The first-order valence-electron chi connectivity index (χ1n) is 4.91. The smallest absolute Gasteiger partial charge is 0.00430 e. The highest BCUT2D eigenvalue weighted by molar-refractivity contribution is 7.62. The van der Waals surface area contributed by atoms with E-state index < -0.39 is 0 Å². The minimum Gasteiger partial charge on any atom is -0.0773 e. The predicted molar refractivity (Wildman–Crippen MR) is 76.2 cm³/mol. The molecule has 0 aromatic rings. The van der Waals surface area contributed by atoms with E-state index in [0.29, 0.717) is 18.1 Å². The Kier molecular flexibility index (Phi) is 12.1. The first kappa shape index (κ1) is 11.5. The Morgan fingerprint density at radius 3 is 2.10 bits per heavy atom. The summed E-state index contributed by atoms with van der Waals surface area (Å²) < 4.78 is 0. The third kappa shape index (κ3) is 9.52. The van der Waals surface area contributed by atoms with Gasteiger partial charge in [-0.05, 0) is 42.8 Å². The summed E-state index contributed by atoms with van der Waals surface area (Å²) in [5.74, 6) is 0. The van der Waals surface area contributed by atoms with Crippen molar-refractivity contribution in [3.63, 3.8) is 0 Å². The maximum atomic E-state index is 2.56. The summed E-state index contributed by atoms with van der Waals surface area (Å²) in [7, 11) is 5.46. The van der Waals surface area contributed by atoms with E-state index in [2.05, 4.69) is 13.5 Å². The van der Waals surface area contributed by atoms with Crippen LogP contribution in [0.1, 0.15) is 6.92 Å². The lowest BCUT2D eigenvalue weighted by molar-refractivity contribution is 1.47. The summed E-state index contributed by atoms with van der Waals surface area (Å²) in [6.07, 6.45) is 0. The van der Waals surface area contributed by atoms with Crippen LogP contribution in [0.4, 0.5) is 0 Å². The van der Waals surface area contributed by atoms with Crippen LogP contribution in [0, 0.1) is 0 Å². The first-order valence-corrected chi connectivity index (χ1v) is 31.3. The van der Waals surface area contributed by atoms with E-state index in [9.17, 15) is 0 Å². The Bertz CT molecular complexity index is 48.8. The van der Waals surface area contributed by atoms with Crippen molar-refractivity contribution < 1.29 is 0 Å². The minimum absolute atomic E-state index is 0.659. The molecule has 0 saturated heterocycles. The molecule has 10 heavy (non-hydrogen) atoms. The van der Waals surface area contributed by atoms with Gasteiger partial charge in [-0.3, -0.25) is 0 Å². The lowest BCUT2D eigenvalue weighted by Crippen LogP contribution is -2.27. The van der Waals surface area contributed by atoms with Gasteiger partial charge in [0.15, 0.2) is 0 Å². The van der Waals surface area contributed by atoms with E-state index in [0.717, 1.165) is 42.8 Å². The Hall–Kier alpha value is 1.52. The Morgan fingerprint density at radius 2 is 1.50 bits per heavy atom. The second-order valence-corrected chi connectivity index (χ2v) is 56.9. The number of hydrogen-bond donors (Lipinski definition) is 0. The molecule has 0 aliphatic heterocycles. The summed E-state index contributed by atoms with van der Waals surface area (Å²) in [5, 5.41) is 0. The molecule has 0 N–H and O–H groups in total. The molecule has 0 bridgehead atoms. The van der Waals surface area contributed by atoms with Gasteiger partial charge in [0, 0.05) is 18.1 Å². The molecule has 7 heteroatoms. The topological polar surface area (TPSA) is 0 Å². The molecule has 0 aliphatic carbocycles. The Labute approximate surface area is 80.2 Å². The molecule has 0 amide bonds. The van der Waals surface area contributed by atoms with Crippen LogP contribution in [0.3, 0.4) is 0 Å². The molecule has 0 fully saturated rings. The molecular weight excluding hydrogens is 233 g/mol. The van der Waals surface area contributed by atoms with Crippen LogP contribution in [-0.4, -0.2) is 60.8 Å². The molecule has 0 spiro atoms. The normalized spacial score (nSPS) is 18.6. The maximum absolute atomic E-state index is 2.56. The molecular formula is C3H22Si7. The standard InChI is InChI=1S/C3H22Si7/c1-3-5-7-9-10-8-6-4-2/h3-10H2,1-2H3. The fraction of sp³-hybridized carbons (Fsp3) is 1.00. The van der Waals surface area contributed by atoms with Gasteiger partial charge in [-0.25, -0.2) is 0 Å². The van der Waals surface area contributed by atoms with Crippen LogP contribution in [0.2, 0.25) is 12.6 Å². The molecule has 0 radical (unpaired) electrons. The molecule has 0 aliphatic rings. The molecule has 0 nitrogen and oxygen atoms in total. The Morgan fingerprint density at radius 1 is 0.900 bits per heavy atom. The van der Waals surface area contributed by atoms with Crippen molar-refractivity contribution >= 4 is 60.8 Å². The van der Waals surface area contributed by atoms with E-state index in [-0.39, 0.29) is 0 Å². The van der Waals surface area contributed by atoms with Gasteiger partial charge >= 0.3 is 0 Å². The molecule has 0 heterocycles. The average molecular weight is 255 g/mol. The van der Waals surface area contributed by atoms with Crippen molar-refractivity contribution in [1.29, 1.82) is 0 Å². The quantitative estimate of drug-likeness (QED) is 0.316.